The zero-order chi connectivity index (χ0) is 16.5. The molecule has 5 heteroatoms. The number of hydrogen-bond donors (Lipinski definition) is 1. The van der Waals surface area contributed by atoms with E-state index in [1.54, 1.807) is 12.3 Å². The Morgan fingerprint density at radius 1 is 1.29 bits per heavy atom. The van der Waals surface area contributed by atoms with Crippen molar-refractivity contribution < 1.29 is 9.84 Å². The number of halogens is 1. The Morgan fingerprint density at radius 2 is 2.17 bits per heavy atom. The largest absolute Gasteiger partial charge is 0.504 e. The van der Waals surface area contributed by atoms with Gasteiger partial charge in [-0.1, -0.05) is 18.0 Å². The lowest BCUT2D eigenvalue weighted by Crippen LogP contribution is -2.33. The number of phenolic OH excluding ortho intramolecular Hbond substituents is 1. The highest BCUT2D eigenvalue weighted by molar-refractivity contribution is 6.30. The molecule has 4 rings (SSSR count). The molecule has 1 saturated carbocycles. The maximum atomic E-state index is 10.4. The third kappa shape index (κ3) is 3.21. The molecule has 2 aromatic rings. The Hall–Kier alpha value is -1.78. The second kappa shape index (κ2) is 6.61. The van der Waals surface area contributed by atoms with E-state index in [0.29, 0.717) is 17.4 Å². The molecule has 1 N–H and O–H groups in total. The van der Waals surface area contributed by atoms with E-state index < -0.39 is 0 Å². The van der Waals surface area contributed by atoms with Crippen molar-refractivity contribution in [3.05, 3.63) is 41.0 Å². The van der Waals surface area contributed by atoms with Gasteiger partial charge in [-0.3, -0.25) is 9.88 Å². The van der Waals surface area contributed by atoms with Crippen LogP contribution in [-0.2, 0) is 6.54 Å². The third-order valence-electron chi connectivity index (χ3n) is 4.96. The average Bonchev–Trinajstić information content (AvgIpc) is 2.74. The van der Waals surface area contributed by atoms with Crippen molar-refractivity contribution in [3.63, 3.8) is 0 Å². The summed E-state index contributed by atoms with van der Waals surface area (Å²) in [5, 5.41) is 11.0. The van der Waals surface area contributed by atoms with Crippen molar-refractivity contribution in [2.45, 2.75) is 25.8 Å². The zero-order valence-corrected chi connectivity index (χ0v) is 14.3. The minimum atomic E-state index is 0.185. The van der Waals surface area contributed by atoms with E-state index in [4.69, 9.17) is 16.3 Å². The van der Waals surface area contributed by atoms with E-state index in [2.05, 4.69) is 16.0 Å². The number of aromatic nitrogens is 1. The van der Waals surface area contributed by atoms with Crippen LogP contribution >= 0.6 is 11.6 Å². The molecule has 0 saturated heterocycles. The first-order valence-electron chi connectivity index (χ1n) is 8.52. The minimum Gasteiger partial charge on any atom is -0.504 e. The number of fused-ring (bicyclic) bond motifs is 1. The van der Waals surface area contributed by atoms with E-state index in [1.807, 2.05) is 12.1 Å². The minimum absolute atomic E-state index is 0.185. The highest BCUT2D eigenvalue weighted by Crippen LogP contribution is 2.38. The number of benzene rings is 1. The molecule has 0 spiro atoms. The van der Waals surface area contributed by atoms with Gasteiger partial charge in [0.15, 0.2) is 11.5 Å². The fourth-order valence-electron chi connectivity index (χ4n) is 3.44. The van der Waals surface area contributed by atoms with E-state index in [-0.39, 0.29) is 5.75 Å². The van der Waals surface area contributed by atoms with Gasteiger partial charge in [-0.05, 0) is 43.0 Å². The summed E-state index contributed by atoms with van der Waals surface area (Å²) in [7, 11) is 0. The Morgan fingerprint density at radius 3 is 2.88 bits per heavy atom. The van der Waals surface area contributed by atoms with Crippen LogP contribution in [0.25, 0.3) is 11.3 Å². The second-order valence-corrected chi connectivity index (χ2v) is 7.16. The predicted molar refractivity (Wildman–Crippen MR) is 94.5 cm³/mol. The molecular formula is C19H21ClN2O2. The Labute approximate surface area is 147 Å². The average molecular weight is 345 g/mol. The second-order valence-electron chi connectivity index (χ2n) is 6.73. The normalized spacial score (nSPS) is 18.4. The summed E-state index contributed by atoms with van der Waals surface area (Å²) in [6.07, 6.45) is 5.66. The van der Waals surface area contributed by atoms with Gasteiger partial charge in [-0.15, -0.1) is 0 Å². The van der Waals surface area contributed by atoms with Crippen LogP contribution in [0.2, 0.25) is 5.02 Å². The Kier molecular flexibility index (Phi) is 4.33. The molecule has 1 aliphatic carbocycles. The van der Waals surface area contributed by atoms with Crippen molar-refractivity contribution in [2.75, 3.05) is 19.7 Å². The fourth-order valence-corrected chi connectivity index (χ4v) is 3.56. The van der Waals surface area contributed by atoms with Gasteiger partial charge in [-0.2, -0.15) is 0 Å². The summed E-state index contributed by atoms with van der Waals surface area (Å²) in [6.45, 7) is 3.44. The van der Waals surface area contributed by atoms with Crippen molar-refractivity contribution in [2.24, 2.45) is 5.92 Å². The molecule has 126 valence electrons. The Bertz CT molecular complexity index is 729. The van der Waals surface area contributed by atoms with Crippen LogP contribution in [0.15, 0.2) is 30.5 Å². The molecule has 0 bridgehead atoms. The van der Waals surface area contributed by atoms with Crippen LogP contribution in [0.5, 0.6) is 11.5 Å². The zero-order valence-electron chi connectivity index (χ0n) is 13.5. The molecule has 0 unspecified atom stereocenters. The molecule has 2 heterocycles. The first-order valence-corrected chi connectivity index (χ1v) is 8.90. The van der Waals surface area contributed by atoms with Crippen LogP contribution in [0, 0.1) is 5.92 Å². The molecule has 1 fully saturated rings. The summed E-state index contributed by atoms with van der Waals surface area (Å²) in [6, 6.07) is 7.47. The smallest absolute Gasteiger partial charge is 0.165 e. The van der Waals surface area contributed by atoms with Crippen LogP contribution in [-0.4, -0.2) is 34.7 Å². The van der Waals surface area contributed by atoms with Crippen LogP contribution in [0.3, 0.4) is 0 Å². The molecule has 1 aliphatic heterocycles. The topological polar surface area (TPSA) is 45.6 Å². The predicted octanol–water partition coefficient (Wildman–Crippen LogP) is 4.10. The maximum Gasteiger partial charge on any atom is 0.165 e. The Balaban J connectivity index is 1.63. The number of phenols is 1. The summed E-state index contributed by atoms with van der Waals surface area (Å²) in [5.41, 5.74) is 2.71. The van der Waals surface area contributed by atoms with Crippen molar-refractivity contribution >= 4 is 11.6 Å². The number of aromatic hydroxyl groups is 1. The highest BCUT2D eigenvalue weighted by Gasteiger charge is 2.24. The molecule has 0 amide bonds. The monoisotopic (exact) mass is 344 g/mol. The van der Waals surface area contributed by atoms with Crippen LogP contribution in [0.4, 0.5) is 0 Å². The summed E-state index contributed by atoms with van der Waals surface area (Å²) in [4.78, 5) is 6.79. The van der Waals surface area contributed by atoms with E-state index in [1.165, 1.54) is 19.3 Å². The quantitative estimate of drug-likeness (QED) is 0.910. The van der Waals surface area contributed by atoms with Crippen LogP contribution in [0.1, 0.15) is 24.8 Å². The number of hydrogen-bond acceptors (Lipinski definition) is 4. The molecule has 2 aliphatic rings. The van der Waals surface area contributed by atoms with E-state index >= 15 is 0 Å². The third-order valence-corrected chi connectivity index (χ3v) is 5.18. The van der Waals surface area contributed by atoms with Gasteiger partial charge in [0.05, 0.1) is 10.7 Å². The van der Waals surface area contributed by atoms with Gasteiger partial charge in [0.1, 0.15) is 6.61 Å². The molecule has 24 heavy (non-hydrogen) atoms. The molecule has 0 radical (unpaired) electrons. The van der Waals surface area contributed by atoms with Gasteiger partial charge in [0.25, 0.3) is 0 Å². The van der Waals surface area contributed by atoms with Gasteiger partial charge >= 0.3 is 0 Å². The number of rotatable bonds is 3. The lowest BCUT2D eigenvalue weighted by Gasteiger charge is -2.31. The molecule has 1 aromatic carbocycles. The van der Waals surface area contributed by atoms with Crippen molar-refractivity contribution in [1.29, 1.82) is 0 Å². The van der Waals surface area contributed by atoms with E-state index in [0.717, 1.165) is 42.4 Å². The molecule has 1 aromatic heterocycles. The maximum absolute atomic E-state index is 10.4. The van der Waals surface area contributed by atoms with E-state index in [9.17, 15) is 5.11 Å². The van der Waals surface area contributed by atoms with Gasteiger partial charge in [0.2, 0.25) is 0 Å². The number of pyridine rings is 1. The standard InChI is InChI=1S/C19H21ClN2O2/c20-16-4-5-17(21-10-16)14-8-15-12-22(11-13-2-1-3-13)6-7-24-19(15)18(23)9-14/h4-5,8-10,13,23H,1-3,6-7,11-12H2. The van der Waals surface area contributed by atoms with Crippen LogP contribution < -0.4 is 4.74 Å². The first-order chi connectivity index (χ1) is 11.7. The first kappa shape index (κ1) is 15.7. The number of nitrogens with zero attached hydrogens (tertiary/aromatic N) is 2. The molecule has 0 atom stereocenters. The molecule has 4 nitrogen and oxygen atoms in total. The number of ether oxygens (including phenoxy) is 1. The summed E-state index contributed by atoms with van der Waals surface area (Å²) >= 11 is 5.92. The SMILES string of the molecule is Oc1cc(-c2ccc(Cl)cn2)cc2c1OCCN(CC1CCC1)C2. The van der Waals surface area contributed by atoms with Crippen molar-refractivity contribution in [3.8, 4) is 22.8 Å². The summed E-state index contributed by atoms with van der Waals surface area (Å²) in [5.74, 6) is 1.62. The van der Waals surface area contributed by atoms with Gasteiger partial charge in [0, 0.05) is 37.0 Å². The van der Waals surface area contributed by atoms with Crippen molar-refractivity contribution in [1.82, 2.24) is 9.88 Å². The summed E-state index contributed by atoms with van der Waals surface area (Å²) < 4.78 is 5.82. The highest BCUT2D eigenvalue weighted by atomic mass is 35.5. The molecular weight excluding hydrogens is 324 g/mol. The fraction of sp³-hybridized carbons (Fsp3) is 0.421. The lowest BCUT2D eigenvalue weighted by atomic mass is 9.85. The van der Waals surface area contributed by atoms with Gasteiger partial charge < -0.3 is 9.84 Å². The van der Waals surface area contributed by atoms with Gasteiger partial charge in [-0.25, -0.2) is 0 Å². The lowest BCUT2D eigenvalue weighted by molar-refractivity contribution is 0.159.